The molecule has 1 aliphatic rings. The molecule has 0 radical (unpaired) electrons. The topological polar surface area (TPSA) is 61.9 Å². The van der Waals surface area contributed by atoms with Crippen molar-refractivity contribution in [3.05, 3.63) is 35.6 Å². The Kier molecular flexibility index (Phi) is 9.70. The van der Waals surface area contributed by atoms with E-state index in [4.69, 9.17) is 4.74 Å². The predicted octanol–water partition coefficient (Wildman–Crippen LogP) is 5.07. The number of rotatable bonds is 9. The van der Waals surface area contributed by atoms with E-state index in [0.29, 0.717) is 13.1 Å². The molecular formula is C26H42FN3O3. The second kappa shape index (κ2) is 11.8. The van der Waals surface area contributed by atoms with Gasteiger partial charge in [-0.1, -0.05) is 25.5 Å². The fourth-order valence-electron chi connectivity index (χ4n) is 4.52. The molecule has 2 amide bonds. The Bertz CT molecular complexity index is 783. The molecular weight excluding hydrogens is 421 g/mol. The summed E-state index contributed by atoms with van der Waals surface area (Å²) in [5, 5.41) is 3.15. The van der Waals surface area contributed by atoms with Crippen LogP contribution in [0.4, 0.5) is 9.18 Å². The van der Waals surface area contributed by atoms with E-state index in [9.17, 15) is 14.0 Å². The van der Waals surface area contributed by atoms with Gasteiger partial charge in [0.1, 0.15) is 11.4 Å². The van der Waals surface area contributed by atoms with Gasteiger partial charge in [0.15, 0.2) is 0 Å². The zero-order valence-electron chi connectivity index (χ0n) is 21.2. The van der Waals surface area contributed by atoms with Gasteiger partial charge in [0.25, 0.3) is 0 Å². The number of hydrogen-bond acceptors (Lipinski definition) is 4. The molecule has 1 aromatic carbocycles. The Morgan fingerprint density at radius 3 is 2.39 bits per heavy atom. The molecule has 0 aromatic heterocycles. The normalized spacial score (nSPS) is 21.0. The Labute approximate surface area is 198 Å². The van der Waals surface area contributed by atoms with Crippen molar-refractivity contribution < 1.29 is 18.7 Å². The van der Waals surface area contributed by atoms with Crippen LogP contribution < -0.4 is 5.32 Å². The number of nitrogens with zero attached hydrogens (tertiary/aromatic N) is 2. The van der Waals surface area contributed by atoms with E-state index in [-0.39, 0.29) is 35.8 Å². The van der Waals surface area contributed by atoms with E-state index in [1.807, 2.05) is 40.9 Å². The molecule has 0 aliphatic heterocycles. The molecule has 1 saturated carbocycles. The largest absolute Gasteiger partial charge is 0.444 e. The third kappa shape index (κ3) is 7.98. The smallest absolute Gasteiger partial charge is 0.410 e. The summed E-state index contributed by atoms with van der Waals surface area (Å²) in [6.45, 7) is 8.53. The molecule has 0 saturated heterocycles. The maximum Gasteiger partial charge on any atom is 0.410 e. The zero-order valence-corrected chi connectivity index (χ0v) is 21.2. The van der Waals surface area contributed by atoms with Crippen molar-refractivity contribution in [2.45, 2.75) is 89.8 Å². The van der Waals surface area contributed by atoms with Crippen LogP contribution in [0.2, 0.25) is 0 Å². The fourth-order valence-corrected chi connectivity index (χ4v) is 4.52. The molecule has 186 valence electrons. The summed E-state index contributed by atoms with van der Waals surface area (Å²) >= 11 is 0. The van der Waals surface area contributed by atoms with E-state index in [0.717, 1.165) is 44.1 Å². The van der Waals surface area contributed by atoms with Crippen molar-refractivity contribution in [2.24, 2.45) is 0 Å². The van der Waals surface area contributed by atoms with Crippen molar-refractivity contribution in [1.29, 1.82) is 0 Å². The molecule has 0 atom stereocenters. The monoisotopic (exact) mass is 463 g/mol. The number of nitrogens with one attached hydrogen (secondary N) is 1. The molecule has 7 heteroatoms. The molecule has 0 heterocycles. The maximum absolute atomic E-state index is 13.9. The fraction of sp³-hybridized carbons (Fsp3) is 0.692. The van der Waals surface area contributed by atoms with E-state index < -0.39 is 5.60 Å². The first-order valence-electron chi connectivity index (χ1n) is 12.2. The summed E-state index contributed by atoms with van der Waals surface area (Å²) < 4.78 is 19.4. The van der Waals surface area contributed by atoms with Crippen LogP contribution in [0, 0.1) is 5.82 Å². The number of benzene rings is 1. The number of unbranched alkanes of at least 4 members (excludes halogenated alkanes) is 1. The van der Waals surface area contributed by atoms with Gasteiger partial charge in [-0.3, -0.25) is 9.69 Å². The molecule has 0 unspecified atom stereocenters. The lowest BCUT2D eigenvalue weighted by Crippen LogP contribution is -2.49. The van der Waals surface area contributed by atoms with Gasteiger partial charge in [-0.05, 0) is 84.7 Å². The van der Waals surface area contributed by atoms with Crippen molar-refractivity contribution >= 4 is 12.0 Å². The first kappa shape index (κ1) is 27.1. The molecule has 1 N–H and O–H groups in total. The van der Waals surface area contributed by atoms with Gasteiger partial charge in [0.2, 0.25) is 5.91 Å². The minimum atomic E-state index is -0.563. The molecule has 0 spiro atoms. The Hall–Kier alpha value is -2.15. The molecule has 1 aliphatic carbocycles. The summed E-state index contributed by atoms with van der Waals surface area (Å²) in [4.78, 5) is 29.0. The van der Waals surface area contributed by atoms with Crippen molar-refractivity contribution in [3.8, 4) is 0 Å². The first-order chi connectivity index (χ1) is 15.5. The Morgan fingerprint density at radius 2 is 1.85 bits per heavy atom. The molecule has 33 heavy (non-hydrogen) atoms. The Balaban J connectivity index is 1.91. The summed E-state index contributed by atoms with van der Waals surface area (Å²) in [6, 6.07) is 6.94. The highest BCUT2D eigenvalue weighted by molar-refractivity contribution is 5.77. The highest BCUT2D eigenvalue weighted by Gasteiger charge is 2.39. The van der Waals surface area contributed by atoms with Crippen LogP contribution >= 0.6 is 0 Å². The third-order valence-electron chi connectivity index (χ3n) is 6.44. The average Bonchev–Trinajstić information content (AvgIpc) is 2.73. The molecule has 0 bridgehead atoms. The Morgan fingerprint density at radius 1 is 1.18 bits per heavy atom. The summed E-state index contributed by atoms with van der Waals surface area (Å²) in [7, 11) is 4.07. The quantitative estimate of drug-likeness (QED) is 0.555. The van der Waals surface area contributed by atoms with Crippen LogP contribution in [-0.4, -0.2) is 60.6 Å². The summed E-state index contributed by atoms with van der Waals surface area (Å²) in [5.41, 5.74) is 0.199. The highest BCUT2D eigenvalue weighted by atomic mass is 19.1. The van der Waals surface area contributed by atoms with Gasteiger partial charge in [-0.2, -0.15) is 0 Å². The van der Waals surface area contributed by atoms with Crippen molar-refractivity contribution in [1.82, 2.24) is 15.1 Å². The van der Waals surface area contributed by atoms with Crippen molar-refractivity contribution in [2.75, 3.05) is 27.2 Å². The third-order valence-corrected chi connectivity index (χ3v) is 6.44. The first-order valence-corrected chi connectivity index (χ1v) is 12.2. The average molecular weight is 464 g/mol. The van der Waals surface area contributed by atoms with Gasteiger partial charge >= 0.3 is 6.09 Å². The summed E-state index contributed by atoms with van der Waals surface area (Å²) in [6.07, 6.45) is 5.06. The minimum absolute atomic E-state index is 0.0480. The van der Waals surface area contributed by atoms with E-state index in [1.165, 1.54) is 6.07 Å². The van der Waals surface area contributed by atoms with Crippen LogP contribution in [0.15, 0.2) is 24.3 Å². The lowest BCUT2D eigenvalue weighted by Gasteiger charge is -2.45. The highest BCUT2D eigenvalue weighted by Crippen LogP contribution is 2.41. The number of carbonyl (C=O) groups excluding carboxylic acids is 2. The predicted molar refractivity (Wildman–Crippen MR) is 129 cm³/mol. The lowest BCUT2D eigenvalue weighted by atomic mass is 9.74. The van der Waals surface area contributed by atoms with Crippen LogP contribution in [0.5, 0.6) is 0 Å². The second-order valence-corrected chi connectivity index (χ2v) is 10.3. The van der Waals surface area contributed by atoms with Crippen LogP contribution in [-0.2, 0) is 15.1 Å². The maximum atomic E-state index is 13.9. The van der Waals surface area contributed by atoms with Gasteiger partial charge in [0.05, 0.1) is 0 Å². The number of ether oxygens (including phenoxy) is 1. The standard InChI is InChI=1S/C26H42FN3O3/c1-7-8-17-30(24(32)33-25(2,3)4)18-14-23(31)28-22-12-15-26(16-13-22,29(5)6)20-10-9-11-21(27)19-20/h9-11,19,22H,7-8,12-18H2,1-6H3,(H,28,31). The molecule has 1 fully saturated rings. The van der Waals surface area contributed by atoms with Crippen LogP contribution in [0.25, 0.3) is 0 Å². The van der Waals surface area contributed by atoms with Gasteiger partial charge in [-0.15, -0.1) is 0 Å². The minimum Gasteiger partial charge on any atom is -0.444 e. The van der Waals surface area contributed by atoms with Crippen molar-refractivity contribution in [3.63, 3.8) is 0 Å². The SMILES string of the molecule is CCCCN(CCC(=O)NC1CCC(c2cccc(F)c2)(N(C)C)CC1)C(=O)OC(C)(C)C. The van der Waals surface area contributed by atoms with Crippen LogP contribution in [0.3, 0.4) is 0 Å². The zero-order chi connectivity index (χ0) is 24.6. The molecule has 2 rings (SSSR count). The van der Waals surface area contributed by atoms with E-state index in [1.54, 1.807) is 17.0 Å². The van der Waals surface area contributed by atoms with E-state index >= 15 is 0 Å². The summed E-state index contributed by atoms with van der Waals surface area (Å²) in [5.74, 6) is -0.269. The van der Waals surface area contributed by atoms with E-state index in [2.05, 4.69) is 17.1 Å². The van der Waals surface area contributed by atoms with Crippen LogP contribution in [0.1, 0.15) is 78.2 Å². The molecule has 1 aromatic rings. The number of amides is 2. The van der Waals surface area contributed by atoms with Gasteiger partial charge in [0, 0.05) is 31.1 Å². The number of hydrogen-bond donors (Lipinski definition) is 1. The number of carbonyl (C=O) groups is 2. The second-order valence-electron chi connectivity index (χ2n) is 10.3. The molecule has 6 nitrogen and oxygen atoms in total. The number of halogens is 1. The van der Waals surface area contributed by atoms with Gasteiger partial charge < -0.3 is 15.0 Å². The lowest BCUT2D eigenvalue weighted by molar-refractivity contribution is -0.122. The van der Waals surface area contributed by atoms with Gasteiger partial charge in [-0.25, -0.2) is 9.18 Å².